The van der Waals surface area contributed by atoms with Gasteiger partial charge in [-0.25, -0.2) is 4.98 Å². The zero-order valence-electron chi connectivity index (χ0n) is 12.3. The summed E-state index contributed by atoms with van der Waals surface area (Å²) in [5.74, 6) is 0.171. The number of likely N-dealkylation sites (tertiary alicyclic amines) is 1. The smallest absolute Gasteiger partial charge is 0.245 e. The lowest BCUT2D eigenvalue weighted by atomic mass is 10.0. The van der Waals surface area contributed by atoms with Crippen LogP contribution in [0.3, 0.4) is 0 Å². The molecule has 0 radical (unpaired) electrons. The molecule has 2 aromatic heterocycles. The van der Waals surface area contributed by atoms with Gasteiger partial charge in [-0.2, -0.15) is 5.10 Å². The highest BCUT2D eigenvalue weighted by molar-refractivity contribution is 5.80. The maximum Gasteiger partial charge on any atom is 0.245 e. The van der Waals surface area contributed by atoms with Gasteiger partial charge in [-0.1, -0.05) is 0 Å². The van der Waals surface area contributed by atoms with E-state index in [2.05, 4.69) is 10.1 Å². The summed E-state index contributed by atoms with van der Waals surface area (Å²) < 4.78 is 3.78. The molecule has 1 saturated heterocycles. The Morgan fingerprint density at radius 3 is 2.95 bits per heavy atom. The number of aromatic nitrogens is 4. The molecule has 0 N–H and O–H groups in total. The minimum Gasteiger partial charge on any atom is -0.336 e. The molecular formula is C15H21N5O. The zero-order valence-corrected chi connectivity index (χ0v) is 12.3. The summed E-state index contributed by atoms with van der Waals surface area (Å²) in [5, 5.41) is 4.26. The second kappa shape index (κ2) is 6.11. The molecule has 2 atom stereocenters. The number of imidazole rings is 1. The predicted molar refractivity (Wildman–Crippen MR) is 78.5 cm³/mol. The Labute approximate surface area is 124 Å². The first-order valence-electron chi connectivity index (χ1n) is 7.51. The van der Waals surface area contributed by atoms with E-state index in [-0.39, 0.29) is 18.0 Å². The van der Waals surface area contributed by atoms with Crippen LogP contribution in [0.1, 0.15) is 32.2 Å². The van der Waals surface area contributed by atoms with E-state index in [0.29, 0.717) is 0 Å². The number of nitrogens with zero attached hydrogens (tertiary/aromatic N) is 5. The van der Waals surface area contributed by atoms with Crippen LogP contribution in [0.4, 0.5) is 0 Å². The molecular weight excluding hydrogens is 266 g/mol. The summed E-state index contributed by atoms with van der Waals surface area (Å²) in [5.41, 5.74) is 0. The molecule has 2 aromatic rings. The van der Waals surface area contributed by atoms with Crippen molar-refractivity contribution in [2.45, 2.75) is 44.8 Å². The van der Waals surface area contributed by atoms with Gasteiger partial charge in [0, 0.05) is 31.3 Å². The summed E-state index contributed by atoms with van der Waals surface area (Å²) >= 11 is 0. The quantitative estimate of drug-likeness (QED) is 0.860. The normalized spacial score (nSPS) is 20.4. The molecule has 0 spiro atoms. The fourth-order valence-electron chi connectivity index (χ4n) is 2.97. The van der Waals surface area contributed by atoms with Crippen LogP contribution in [0.5, 0.6) is 0 Å². The summed E-state index contributed by atoms with van der Waals surface area (Å²) in [6, 6.07) is 1.95. The standard InChI is InChI=1S/C15H21N5O/c1-13(18-10-7-16-12-18)15(21)20-9-3-2-5-14(20)11-19-8-4-6-17-19/h4,6-8,10,12-14H,2-3,5,9,11H2,1H3/t13-,14+/m0/s1. The Morgan fingerprint density at radius 1 is 1.33 bits per heavy atom. The third-order valence-corrected chi connectivity index (χ3v) is 4.20. The van der Waals surface area contributed by atoms with Gasteiger partial charge >= 0.3 is 0 Å². The van der Waals surface area contributed by atoms with E-state index in [4.69, 9.17) is 0 Å². The molecule has 0 unspecified atom stereocenters. The molecule has 1 aliphatic rings. The van der Waals surface area contributed by atoms with E-state index in [1.165, 1.54) is 6.42 Å². The Morgan fingerprint density at radius 2 is 2.24 bits per heavy atom. The number of rotatable bonds is 4. The van der Waals surface area contributed by atoms with E-state index in [1.807, 2.05) is 39.5 Å². The highest BCUT2D eigenvalue weighted by Gasteiger charge is 2.30. The number of amides is 1. The van der Waals surface area contributed by atoms with Crippen LogP contribution in [0, 0.1) is 0 Å². The maximum absolute atomic E-state index is 12.8. The molecule has 112 valence electrons. The molecule has 3 heterocycles. The monoisotopic (exact) mass is 287 g/mol. The molecule has 3 rings (SSSR count). The van der Waals surface area contributed by atoms with Gasteiger partial charge in [-0.3, -0.25) is 9.48 Å². The van der Waals surface area contributed by atoms with E-state index >= 15 is 0 Å². The SMILES string of the molecule is C[C@@H](C(=O)N1CCCC[C@@H]1Cn1cccn1)n1ccnc1. The Bertz CT molecular complexity index is 563. The highest BCUT2D eigenvalue weighted by atomic mass is 16.2. The summed E-state index contributed by atoms with van der Waals surface area (Å²) in [6.45, 7) is 3.54. The Hall–Kier alpha value is -2.11. The van der Waals surface area contributed by atoms with E-state index in [0.717, 1.165) is 25.9 Å². The first-order chi connectivity index (χ1) is 10.3. The van der Waals surface area contributed by atoms with E-state index in [1.54, 1.807) is 18.7 Å². The van der Waals surface area contributed by atoms with Crippen LogP contribution in [-0.4, -0.2) is 42.7 Å². The predicted octanol–water partition coefficient (Wildman–Crippen LogP) is 1.72. The van der Waals surface area contributed by atoms with E-state index < -0.39 is 0 Å². The number of hydrogen-bond donors (Lipinski definition) is 0. The molecule has 1 amide bonds. The first-order valence-corrected chi connectivity index (χ1v) is 7.51. The molecule has 1 fully saturated rings. The van der Waals surface area contributed by atoms with Crippen molar-refractivity contribution in [3.8, 4) is 0 Å². The molecule has 6 heteroatoms. The molecule has 0 aliphatic carbocycles. The van der Waals surface area contributed by atoms with Crippen molar-refractivity contribution in [1.82, 2.24) is 24.2 Å². The Kier molecular flexibility index (Phi) is 4.03. The lowest BCUT2D eigenvalue weighted by molar-refractivity contribution is -0.138. The topological polar surface area (TPSA) is 56.0 Å². The van der Waals surface area contributed by atoms with Gasteiger partial charge in [0.05, 0.1) is 18.9 Å². The van der Waals surface area contributed by atoms with Gasteiger partial charge in [0.25, 0.3) is 0 Å². The third-order valence-electron chi connectivity index (χ3n) is 4.20. The first kappa shape index (κ1) is 13.9. The molecule has 21 heavy (non-hydrogen) atoms. The summed E-state index contributed by atoms with van der Waals surface area (Å²) in [6.07, 6.45) is 12.3. The number of piperidine rings is 1. The van der Waals surface area contributed by atoms with Crippen molar-refractivity contribution in [3.05, 3.63) is 37.2 Å². The van der Waals surface area contributed by atoms with Crippen molar-refractivity contribution >= 4 is 5.91 Å². The van der Waals surface area contributed by atoms with Gasteiger partial charge in [-0.05, 0) is 32.3 Å². The molecule has 0 saturated carbocycles. The van der Waals surface area contributed by atoms with Crippen LogP contribution in [-0.2, 0) is 11.3 Å². The van der Waals surface area contributed by atoms with Crippen LogP contribution in [0.25, 0.3) is 0 Å². The van der Waals surface area contributed by atoms with Crippen molar-refractivity contribution in [1.29, 1.82) is 0 Å². The average molecular weight is 287 g/mol. The van der Waals surface area contributed by atoms with Crippen molar-refractivity contribution < 1.29 is 4.79 Å². The van der Waals surface area contributed by atoms with E-state index in [9.17, 15) is 4.79 Å². The Balaban J connectivity index is 1.72. The highest BCUT2D eigenvalue weighted by Crippen LogP contribution is 2.22. The molecule has 0 aromatic carbocycles. The summed E-state index contributed by atoms with van der Waals surface area (Å²) in [4.78, 5) is 18.8. The number of carbonyl (C=O) groups is 1. The van der Waals surface area contributed by atoms with Crippen molar-refractivity contribution in [2.75, 3.05) is 6.54 Å². The van der Waals surface area contributed by atoms with Gasteiger partial charge in [-0.15, -0.1) is 0 Å². The molecule has 0 bridgehead atoms. The van der Waals surface area contributed by atoms with Crippen molar-refractivity contribution in [3.63, 3.8) is 0 Å². The van der Waals surface area contributed by atoms with Crippen LogP contribution < -0.4 is 0 Å². The van der Waals surface area contributed by atoms with Crippen LogP contribution in [0.15, 0.2) is 37.2 Å². The van der Waals surface area contributed by atoms with Crippen LogP contribution >= 0.6 is 0 Å². The minimum absolute atomic E-state index is 0.171. The summed E-state index contributed by atoms with van der Waals surface area (Å²) in [7, 11) is 0. The number of carbonyl (C=O) groups excluding carboxylic acids is 1. The number of hydrogen-bond acceptors (Lipinski definition) is 3. The van der Waals surface area contributed by atoms with Gasteiger partial charge in [0.15, 0.2) is 0 Å². The average Bonchev–Trinajstić information content (AvgIpc) is 3.19. The lowest BCUT2D eigenvalue weighted by Gasteiger charge is -2.37. The lowest BCUT2D eigenvalue weighted by Crippen LogP contribution is -2.48. The van der Waals surface area contributed by atoms with Crippen molar-refractivity contribution in [2.24, 2.45) is 0 Å². The third kappa shape index (κ3) is 2.99. The largest absolute Gasteiger partial charge is 0.336 e. The fourth-order valence-corrected chi connectivity index (χ4v) is 2.97. The van der Waals surface area contributed by atoms with Gasteiger partial charge in [0.1, 0.15) is 6.04 Å². The molecule has 1 aliphatic heterocycles. The fraction of sp³-hybridized carbons (Fsp3) is 0.533. The van der Waals surface area contributed by atoms with Gasteiger partial charge < -0.3 is 9.47 Å². The second-order valence-corrected chi connectivity index (χ2v) is 5.60. The maximum atomic E-state index is 12.8. The minimum atomic E-state index is -0.203. The van der Waals surface area contributed by atoms with Crippen LogP contribution in [0.2, 0.25) is 0 Å². The molecule has 6 nitrogen and oxygen atoms in total. The second-order valence-electron chi connectivity index (χ2n) is 5.60. The zero-order chi connectivity index (χ0) is 14.7. The van der Waals surface area contributed by atoms with Gasteiger partial charge in [0.2, 0.25) is 5.91 Å².